The molecule has 2 aromatic heterocycles. The van der Waals surface area contributed by atoms with Gasteiger partial charge in [0.25, 0.3) is 5.91 Å². The molecule has 0 bridgehead atoms. The van der Waals surface area contributed by atoms with Gasteiger partial charge in [0, 0.05) is 48.0 Å². The quantitative estimate of drug-likeness (QED) is 0.154. The van der Waals surface area contributed by atoms with E-state index in [1.165, 1.54) is 56.4 Å². The number of amides is 3. The zero-order valence-corrected chi connectivity index (χ0v) is 26.3. The van der Waals surface area contributed by atoms with Crippen LogP contribution in [0.15, 0.2) is 67.1 Å². The highest BCUT2D eigenvalue weighted by Gasteiger charge is 2.15. The van der Waals surface area contributed by atoms with Crippen LogP contribution in [0.2, 0.25) is 0 Å². The van der Waals surface area contributed by atoms with Crippen molar-refractivity contribution in [2.24, 2.45) is 0 Å². The number of anilines is 2. The summed E-state index contributed by atoms with van der Waals surface area (Å²) in [5.74, 6) is 0.654. The SMILES string of the molecule is CCC(CC)NC(=O)Nc1ccc(Oc2cnc(NC(=O)c3ccc(-n4ccc(CN5CCCCC5)c4)cc3)s2)c(OC)c1. The summed E-state index contributed by atoms with van der Waals surface area (Å²) in [6.45, 7) is 7.38. The number of carbonyl (C=O) groups excluding carboxylic acids is 2. The number of hydrogen-bond acceptors (Lipinski definition) is 7. The van der Waals surface area contributed by atoms with Crippen LogP contribution in [0.3, 0.4) is 0 Å². The van der Waals surface area contributed by atoms with Crippen molar-refractivity contribution in [3.63, 3.8) is 0 Å². The molecule has 0 unspecified atom stereocenters. The van der Waals surface area contributed by atoms with Gasteiger partial charge in [-0.05, 0) is 86.8 Å². The summed E-state index contributed by atoms with van der Waals surface area (Å²) in [7, 11) is 1.53. The van der Waals surface area contributed by atoms with Crippen molar-refractivity contribution < 1.29 is 19.1 Å². The summed E-state index contributed by atoms with van der Waals surface area (Å²) in [6, 6.07) is 14.7. The fraction of sp³-hybridized carbons (Fsp3) is 0.364. The minimum atomic E-state index is -0.269. The average Bonchev–Trinajstić information content (AvgIpc) is 3.70. The van der Waals surface area contributed by atoms with Crippen LogP contribution in [0, 0.1) is 0 Å². The fourth-order valence-corrected chi connectivity index (χ4v) is 5.85. The molecule has 1 fully saturated rings. The van der Waals surface area contributed by atoms with Gasteiger partial charge in [0.2, 0.25) is 5.06 Å². The van der Waals surface area contributed by atoms with Crippen LogP contribution in [0.25, 0.3) is 5.69 Å². The predicted molar refractivity (Wildman–Crippen MR) is 175 cm³/mol. The number of piperidine rings is 1. The lowest BCUT2D eigenvalue weighted by Gasteiger charge is -2.25. The molecule has 0 aliphatic carbocycles. The number of ether oxygens (including phenoxy) is 2. The highest BCUT2D eigenvalue weighted by molar-refractivity contribution is 7.17. The number of urea groups is 1. The van der Waals surface area contributed by atoms with Crippen LogP contribution in [0.5, 0.6) is 16.6 Å². The topological polar surface area (TPSA) is 110 Å². The highest BCUT2D eigenvalue weighted by atomic mass is 32.1. The van der Waals surface area contributed by atoms with Crippen LogP contribution in [0.1, 0.15) is 61.9 Å². The van der Waals surface area contributed by atoms with Crippen molar-refractivity contribution >= 4 is 34.1 Å². The van der Waals surface area contributed by atoms with Gasteiger partial charge >= 0.3 is 6.03 Å². The third kappa shape index (κ3) is 8.18. The van der Waals surface area contributed by atoms with Gasteiger partial charge in [-0.3, -0.25) is 15.0 Å². The molecular formula is C33H40N6O4S. The molecule has 1 saturated heterocycles. The Kier molecular flexibility index (Phi) is 10.5. The molecule has 232 valence electrons. The Morgan fingerprint density at radius 1 is 0.977 bits per heavy atom. The van der Waals surface area contributed by atoms with Crippen molar-refractivity contribution in [2.75, 3.05) is 30.8 Å². The molecule has 0 radical (unpaired) electrons. The summed E-state index contributed by atoms with van der Waals surface area (Å²) in [5, 5.41) is 9.52. The van der Waals surface area contributed by atoms with E-state index in [0.717, 1.165) is 25.1 Å². The zero-order chi connectivity index (χ0) is 30.9. The van der Waals surface area contributed by atoms with Crippen molar-refractivity contribution in [1.29, 1.82) is 0 Å². The third-order valence-corrected chi connectivity index (χ3v) is 8.49. The first-order chi connectivity index (χ1) is 21.4. The molecule has 1 aliphatic heterocycles. The number of carbonyl (C=O) groups is 2. The number of nitrogens with zero attached hydrogens (tertiary/aromatic N) is 3. The standard InChI is InChI=1S/C33H40N6O4S/c1-4-25(5-2)35-32(41)36-26-11-14-28(29(19-26)42-3)43-30-20-34-33(44-30)37-31(40)24-9-12-27(13-10-24)39-18-15-23(22-39)21-38-16-7-6-8-17-38/h9-15,18-20,22,25H,4-8,16-17,21H2,1-3H3,(H,34,37,40)(H2,35,36,41). The van der Waals surface area contributed by atoms with E-state index in [-0.39, 0.29) is 18.0 Å². The number of rotatable bonds is 12. The first-order valence-corrected chi connectivity index (χ1v) is 16.0. The molecular weight excluding hydrogens is 576 g/mol. The average molecular weight is 617 g/mol. The molecule has 3 amide bonds. The monoisotopic (exact) mass is 616 g/mol. The van der Waals surface area contributed by atoms with E-state index in [0.29, 0.717) is 32.9 Å². The summed E-state index contributed by atoms with van der Waals surface area (Å²) < 4.78 is 13.6. The maximum atomic E-state index is 12.9. The Balaban J connectivity index is 1.15. The van der Waals surface area contributed by atoms with Crippen molar-refractivity contribution in [3.05, 3.63) is 78.2 Å². The minimum absolute atomic E-state index is 0.118. The Bertz CT molecular complexity index is 1540. The Hall–Kier alpha value is -4.35. The molecule has 4 aromatic rings. The number of thiazole rings is 1. The molecule has 11 heteroatoms. The van der Waals surface area contributed by atoms with E-state index in [9.17, 15) is 9.59 Å². The van der Waals surface area contributed by atoms with Crippen LogP contribution < -0.4 is 25.4 Å². The molecule has 3 N–H and O–H groups in total. The molecule has 0 saturated carbocycles. The minimum Gasteiger partial charge on any atom is -0.493 e. The molecule has 5 rings (SSSR count). The lowest BCUT2D eigenvalue weighted by molar-refractivity contribution is 0.102. The van der Waals surface area contributed by atoms with Gasteiger partial charge in [-0.1, -0.05) is 31.6 Å². The van der Waals surface area contributed by atoms with Gasteiger partial charge in [-0.2, -0.15) is 0 Å². The Morgan fingerprint density at radius 3 is 2.48 bits per heavy atom. The second-order valence-corrected chi connectivity index (χ2v) is 11.8. The van der Waals surface area contributed by atoms with Crippen molar-refractivity contribution in [1.82, 2.24) is 19.8 Å². The Labute approximate surface area is 262 Å². The van der Waals surface area contributed by atoms with Crippen LogP contribution in [-0.2, 0) is 6.54 Å². The van der Waals surface area contributed by atoms with E-state index < -0.39 is 0 Å². The number of aromatic nitrogens is 2. The van der Waals surface area contributed by atoms with E-state index in [1.54, 1.807) is 24.4 Å². The van der Waals surface area contributed by atoms with Crippen molar-refractivity contribution in [3.8, 4) is 22.2 Å². The van der Waals surface area contributed by atoms with Gasteiger partial charge in [-0.15, -0.1) is 0 Å². The first kappa shape index (κ1) is 31.1. The van der Waals surface area contributed by atoms with Gasteiger partial charge in [0.05, 0.1) is 13.3 Å². The molecule has 1 aliphatic rings. The number of benzene rings is 2. The maximum absolute atomic E-state index is 12.9. The second-order valence-electron chi connectivity index (χ2n) is 10.8. The van der Waals surface area contributed by atoms with Gasteiger partial charge < -0.3 is 24.7 Å². The maximum Gasteiger partial charge on any atom is 0.319 e. The summed E-state index contributed by atoms with van der Waals surface area (Å²) >= 11 is 1.20. The largest absolute Gasteiger partial charge is 0.493 e. The first-order valence-electron chi connectivity index (χ1n) is 15.1. The summed E-state index contributed by atoms with van der Waals surface area (Å²) in [4.78, 5) is 32.0. The van der Waals surface area contributed by atoms with E-state index in [1.807, 2.05) is 38.1 Å². The van der Waals surface area contributed by atoms with Gasteiger partial charge in [-0.25, -0.2) is 9.78 Å². The number of methoxy groups -OCH3 is 1. The van der Waals surface area contributed by atoms with Crippen molar-refractivity contribution in [2.45, 2.75) is 58.5 Å². The lowest BCUT2D eigenvalue weighted by atomic mass is 10.1. The number of nitrogens with one attached hydrogen (secondary N) is 3. The smallest absolute Gasteiger partial charge is 0.319 e. The second kappa shape index (κ2) is 14.9. The molecule has 2 aromatic carbocycles. The predicted octanol–water partition coefficient (Wildman–Crippen LogP) is 7.28. The van der Waals surface area contributed by atoms with Crippen LogP contribution in [-0.4, -0.2) is 52.6 Å². The number of hydrogen-bond donors (Lipinski definition) is 3. The molecule has 0 spiro atoms. The normalized spacial score (nSPS) is 13.5. The fourth-order valence-electron chi connectivity index (χ4n) is 5.17. The van der Waals surface area contributed by atoms with Gasteiger partial charge in [0.1, 0.15) is 0 Å². The van der Waals surface area contributed by atoms with E-state index >= 15 is 0 Å². The molecule has 44 heavy (non-hydrogen) atoms. The summed E-state index contributed by atoms with van der Waals surface area (Å²) in [6.07, 6.45) is 11.4. The molecule has 10 nitrogen and oxygen atoms in total. The molecule has 3 heterocycles. The number of likely N-dealkylation sites (tertiary alicyclic amines) is 1. The highest BCUT2D eigenvalue weighted by Crippen LogP contribution is 2.37. The Morgan fingerprint density at radius 2 is 1.75 bits per heavy atom. The lowest BCUT2D eigenvalue weighted by Crippen LogP contribution is -2.37. The van der Waals surface area contributed by atoms with Crippen LogP contribution in [0.4, 0.5) is 15.6 Å². The third-order valence-electron chi connectivity index (χ3n) is 7.69. The van der Waals surface area contributed by atoms with Gasteiger partial charge in [0.15, 0.2) is 16.6 Å². The van der Waals surface area contributed by atoms with E-state index in [4.69, 9.17) is 9.47 Å². The zero-order valence-electron chi connectivity index (χ0n) is 25.5. The summed E-state index contributed by atoms with van der Waals surface area (Å²) in [5.41, 5.74) is 3.40. The van der Waals surface area contributed by atoms with E-state index in [2.05, 4.69) is 48.9 Å². The molecule has 0 atom stereocenters. The van der Waals surface area contributed by atoms with Crippen LogP contribution >= 0.6 is 11.3 Å².